The van der Waals surface area contributed by atoms with Crippen molar-refractivity contribution in [1.82, 2.24) is 0 Å². The van der Waals surface area contributed by atoms with Crippen LogP contribution in [0.2, 0.25) is 0 Å². The predicted octanol–water partition coefficient (Wildman–Crippen LogP) is 0.261. The lowest BCUT2D eigenvalue weighted by molar-refractivity contribution is -0.512. The number of hydrogen-bond acceptors (Lipinski definition) is 6. The van der Waals surface area contributed by atoms with Crippen LogP contribution < -0.4 is 0 Å². The molecule has 0 unspecified atom stereocenters. The average Bonchev–Trinajstić information content (AvgIpc) is 1.58. The van der Waals surface area contributed by atoms with E-state index >= 15 is 0 Å². The summed E-state index contributed by atoms with van der Waals surface area (Å²) in [5, 5.41) is 0.0231. The number of rotatable bonds is 0. The molecular formula is C3O4S2. The second kappa shape index (κ2) is 1.27. The van der Waals surface area contributed by atoms with Crippen LogP contribution in [0.4, 0.5) is 0 Å². The standard InChI is InChI=1S/C3O4S2/c8-1-4-3(5-1)6-2(9)7-3. The summed E-state index contributed by atoms with van der Waals surface area (Å²) in [6.45, 7) is 0. The summed E-state index contributed by atoms with van der Waals surface area (Å²) in [6.07, 6.45) is -1.39. The molecule has 0 saturated carbocycles. The van der Waals surface area contributed by atoms with Gasteiger partial charge < -0.3 is 18.9 Å². The zero-order valence-electron chi connectivity index (χ0n) is 3.95. The van der Waals surface area contributed by atoms with E-state index < -0.39 is 6.16 Å². The predicted molar refractivity (Wildman–Crippen MR) is 32.3 cm³/mol. The molecule has 2 saturated heterocycles. The van der Waals surface area contributed by atoms with Crippen molar-refractivity contribution < 1.29 is 18.9 Å². The first-order valence-electron chi connectivity index (χ1n) is 2.04. The Labute approximate surface area is 60.6 Å². The molecule has 9 heavy (non-hydrogen) atoms. The van der Waals surface area contributed by atoms with Crippen LogP contribution in [0.25, 0.3) is 0 Å². The Morgan fingerprint density at radius 2 is 1.22 bits per heavy atom. The zero-order valence-corrected chi connectivity index (χ0v) is 5.58. The van der Waals surface area contributed by atoms with Gasteiger partial charge in [0.05, 0.1) is 0 Å². The van der Waals surface area contributed by atoms with Crippen LogP contribution in [0, 0.1) is 0 Å². The Bertz CT molecular complexity index is 158. The summed E-state index contributed by atoms with van der Waals surface area (Å²) < 4.78 is 18.4. The Morgan fingerprint density at radius 3 is 1.44 bits per heavy atom. The van der Waals surface area contributed by atoms with Crippen molar-refractivity contribution in [3.8, 4) is 0 Å². The minimum atomic E-state index is -1.39. The lowest BCUT2D eigenvalue weighted by Crippen LogP contribution is -2.63. The van der Waals surface area contributed by atoms with Crippen LogP contribution >= 0.6 is 24.4 Å². The monoisotopic (exact) mass is 164 g/mol. The topological polar surface area (TPSA) is 36.9 Å². The summed E-state index contributed by atoms with van der Waals surface area (Å²) in [5.74, 6) is 0. The van der Waals surface area contributed by atoms with Crippen molar-refractivity contribution in [1.29, 1.82) is 0 Å². The maximum Gasteiger partial charge on any atom is 0.622 e. The summed E-state index contributed by atoms with van der Waals surface area (Å²) in [4.78, 5) is 0. The summed E-state index contributed by atoms with van der Waals surface area (Å²) >= 11 is 8.85. The van der Waals surface area contributed by atoms with Gasteiger partial charge in [0.25, 0.3) is 0 Å². The van der Waals surface area contributed by atoms with Crippen molar-refractivity contribution >= 4 is 34.9 Å². The minimum absolute atomic E-state index is 0.0116. The van der Waals surface area contributed by atoms with E-state index in [1.54, 1.807) is 0 Å². The summed E-state index contributed by atoms with van der Waals surface area (Å²) in [5.41, 5.74) is 0. The Hall–Kier alpha value is -0.620. The largest absolute Gasteiger partial charge is 0.622 e. The molecule has 0 aromatic rings. The highest BCUT2D eigenvalue weighted by molar-refractivity contribution is 7.80. The van der Waals surface area contributed by atoms with Gasteiger partial charge in [0.1, 0.15) is 0 Å². The number of thiocarbonyl (C=S) groups is 2. The van der Waals surface area contributed by atoms with Gasteiger partial charge >= 0.3 is 16.6 Å². The molecule has 0 aliphatic carbocycles. The van der Waals surface area contributed by atoms with Crippen LogP contribution in [0.3, 0.4) is 0 Å². The van der Waals surface area contributed by atoms with Crippen LogP contribution in [0.15, 0.2) is 0 Å². The first-order chi connectivity index (χ1) is 4.20. The van der Waals surface area contributed by atoms with Crippen molar-refractivity contribution in [2.75, 3.05) is 0 Å². The summed E-state index contributed by atoms with van der Waals surface area (Å²) in [7, 11) is 0. The highest BCUT2D eigenvalue weighted by Crippen LogP contribution is 2.36. The van der Waals surface area contributed by atoms with Gasteiger partial charge in [-0.25, -0.2) is 0 Å². The minimum Gasteiger partial charge on any atom is -0.342 e. The molecule has 2 heterocycles. The molecule has 0 radical (unpaired) electrons. The van der Waals surface area contributed by atoms with E-state index in [1.165, 1.54) is 0 Å². The van der Waals surface area contributed by atoms with E-state index in [2.05, 4.69) is 43.4 Å². The Kier molecular flexibility index (Phi) is 0.732. The molecule has 0 aromatic heterocycles. The fourth-order valence-electron chi connectivity index (χ4n) is 0.507. The molecule has 0 atom stereocenters. The van der Waals surface area contributed by atoms with Crippen molar-refractivity contribution in [2.45, 2.75) is 6.16 Å². The van der Waals surface area contributed by atoms with Crippen LogP contribution in [0.1, 0.15) is 0 Å². The smallest absolute Gasteiger partial charge is 0.342 e. The van der Waals surface area contributed by atoms with Gasteiger partial charge in [0.15, 0.2) is 0 Å². The molecule has 0 N–H and O–H groups in total. The van der Waals surface area contributed by atoms with Gasteiger partial charge in [-0.1, -0.05) is 0 Å². The normalized spacial score (nSPS) is 26.2. The molecule has 48 valence electrons. The fourth-order valence-corrected chi connectivity index (χ4v) is 0.915. The fraction of sp³-hybridized carbons (Fsp3) is 0.333. The molecular weight excluding hydrogens is 164 g/mol. The van der Waals surface area contributed by atoms with E-state index in [0.717, 1.165) is 0 Å². The average molecular weight is 164 g/mol. The molecule has 2 aliphatic rings. The first-order valence-corrected chi connectivity index (χ1v) is 2.86. The van der Waals surface area contributed by atoms with E-state index in [0.29, 0.717) is 0 Å². The van der Waals surface area contributed by atoms with E-state index in [4.69, 9.17) is 0 Å². The highest BCUT2D eigenvalue weighted by atomic mass is 32.1. The quantitative estimate of drug-likeness (QED) is 0.478. The third-order valence-corrected chi connectivity index (χ3v) is 1.17. The van der Waals surface area contributed by atoms with E-state index in [-0.39, 0.29) is 10.5 Å². The van der Waals surface area contributed by atoms with Gasteiger partial charge in [-0.05, 0) is 0 Å². The summed E-state index contributed by atoms with van der Waals surface area (Å²) in [6, 6.07) is 0. The van der Waals surface area contributed by atoms with Crippen LogP contribution in [-0.4, -0.2) is 16.6 Å². The second-order valence-corrected chi connectivity index (χ2v) is 2.07. The Morgan fingerprint density at radius 1 is 0.889 bits per heavy atom. The Balaban J connectivity index is 2.01. The lowest BCUT2D eigenvalue weighted by atomic mass is 10.8. The molecule has 0 bridgehead atoms. The highest BCUT2D eigenvalue weighted by Gasteiger charge is 2.63. The van der Waals surface area contributed by atoms with Gasteiger partial charge in [-0.3, -0.25) is 0 Å². The molecule has 2 rings (SSSR count). The maximum absolute atomic E-state index is 4.61. The molecule has 2 aliphatic heterocycles. The second-order valence-electron chi connectivity index (χ2n) is 1.41. The van der Waals surface area contributed by atoms with Crippen molar-refractivity contribution in [3.63, 3.8) is 0 Å². The molecule has 0 amide bonds. The van der Waals surface area contributed by atoms with Crippen molar-refractivity contribution in [3.05, 3.63) is 0 Å². The molecule has 2 fully saturated rings. The van der Waals surface area contributed by atoms with Gasteiger partial charge in [-0.2, -0.15) is 0 Å². The first kappa shape index (κ1) is 5.19. The molecule has 6 heteroatoms. The van der Waals surface area contributed by atoms with Crippen LogP contribution in [-0.2, 0) is 18.9 Å². The van der Waals surface area contributed by atoms with Crippen molar-refractivity contribution in [2.24, 2.45) is 0 Å². The number of hydrogen-bond donors (Lipinski definition) is 0. The van der Waals surface area contributed by atoms with Gasteiger partial charge in [0, 0.05) is 24.4 Å². The van der Waals surface area contributed by atoms with E-state index in [9.17, 15) is 0 Å². The molecule has 1 spiro atoms. The SMILES string of the molecule is S=C1OC2(O1)OC(=S)O2. The van der Waals surface area contributed by atoms with Crippen LogP contribution in [0.5, 0.6) is 0 Å². The van der Waals surface area contributed by atoms with Gasteiger partial charge in [-0.15, -0.1) is 0 Å². The maximum atomic E-state index is 4.61. The van der Waals surface area contributed by atoms with Gasteiger partial charge in [0.2, 0.25) is 0 Å². The number of ether oxygens (including phenoxy) is 4. The molecule has 0 aromatic carbocycles. The third kappa shape index (κ3) is 0.569. The van der Waals surface area contributed by atoms with E-state index in [1.807, 2.05) is 0 Å². The zero-order chi connectivity index (χ0) is 6.48. The molecule has 4 nitrogen and oxygen atoms in total. The lowest BCUT2D eigenvalue weighted by Gasteiger charge is -2.42. The third-order valence-electron chi connectivity index (χ3n) is 0.833.